The normalized spacial score (nSPS) is 10.4. The molecule has 2 aromatic heterocycles. The SMILES string of the molecule is O=C(NCCc1cccs1)Nc1cccc(-c2ccsc2)c1. The Hall–Kier alpha value is -2.11. The van der Waals surface area contributed by atoms with Crippen LogP contribution >= 0.6 is 22.7 Å². The lowest BCUT2D eigenvalue weighted by molar-refractivity contribution is 0.252. The van der Waals surface area contributed by atoms with Gasteiger partial charge in [-0.1, -0.05) is 18.2 Å². The highest BCUT2D eigenvalue weighted by Gasteiger charge is 2.04. The Balaban J connectivity index is 1.54. The standard InChI is InChI=1S/C17H16N2OS2/c20-17(18-8-6-16-5-2-9-22-16)19-15-4-1-3-13(11-15)14-7-10-21-12-14/h1-5,7,9-12H,6,8H2,(H2,18,19,20). The summed E-state index contributed by atoms with van der Waals surface area (Å²) >= 11 is 3.37. The number of nitrogens with one attached hydrogen (secondary N) is 2. The van der Waals surface area contributed by atoms with Crippen molar-refractivity contribution in [2.24, 2.45) is 0 Å². The second-order valence-corrected chi connectivity index (χ2v) is 6.62. The molecule has 0 bridgehead atoms. The van der Waals surface area contributed by atoms with Crippen molar-refractivity contribution in [1.29, 1.82) is 0 Å². The maximum atomic E-state index is 11.9. The predicted molar refractivity (Wildman–Crippen MR) is 94.8 cm³/mol. The molecule has 0 fully saturated rings. The Morgan fingerprint density at radius 2 is 2.00 bits per heavy atom. The third-order valence-electron chi connectivity index (χ3n) is 3.21. The van der Waals surface area contributed by atoms with E-state index in [9.17, 15) is 4.79 Å². The number of thiophene rings is 2. The molecule has 2 amide bonds. The first-order valence-corrected chi connectivity index (χ1v) is 8.83. The van der Waals surface area contributed by atoms with Gasteiger partial charge in [0.25, 0.3) is 0 Å². The summed E-state index contributed by atoms with van der Waals surface area (Å²) in [6.45, 7) is 0.635. The number of hydrogen-bond acceptors (Lipinski definition) is 3. The highest BCUT2D eigenvalue weighted by molar-refractivity contribution is 7.09. The second kappa shape index (κ2) is 7.24. The molecule has 0 spiro atoms. The minimum Gasteiger partial charge on any atom is -0.338 e. The third-order valence-corrected chi connectivity index (χ3v) is 4.83. The lowest BCUT2D eigenvalue weighted by Crippen LogP contribution is -2.30. The van der Waals surface area contributed by atoms with E-state index in [2.05, 4.69) is 28.1 Å². The van der Waals surface area contributed by atoms with Crippen molar-refractivity contribution >= 4 is 34.4 Å². The fourth-order valence-electron chi connectivity index (χ4n) is 2.13. The lowest BCUT2D eigenvalue weighted by atomic mass is 10.1. The number of anilines is 1. The van der Waals surface area contributed by atoms with Gasteiger partial charge in [0.1, 0.15) is 0 Å². The van der Waals surface area contributed by atoms with Crippen molar-refractivity contribution in [2.45, 2.75) is 6.42 Å². The van der Waals surface area contributed by atoms with Crippen molar-refractivity contribution in [2.75, 3.05) is 11.9 Å². The van der Waals surface area contributed by atoms with Gasteiger partial charge in [0.15, 0.2) is 0 Å². The maximum absolute atomic E-state index is 11.9. The zero-order valence-electron chi connectivity index (χ0n) is 11.9. The van der Waals surface area contributed by atoms with Gasteiger partial charge >= 0.3 is 6.03 Å². The summed E-state index contributed by atoms with van der Waals surface area (Å²) in [7, 11) is 0. The van der Waals surface area contributed by atoms with Crippen LogP contribution in [-0.2, 0) is 6.42 Å². The van der Waals surface area contributed by atoms with Gasteiger partial charge in [-0.3, -0.25) is 0 Å². The van der Waals surface area contributed by atoms with Crippen LogP contribution in [0.5, 0.6) is 0 Å². The average Bonchev–Trinajstić information content (AvgIpc) is 3.21. The summed E-state index contributed by atoms with van der Waals surface area (Å²) in [5.74, 6) is 0. The maximum Gasteiger partial charge on any atom is 0.319 e. The van der Waals surface area contributed by atoms with Crippen molar-refractivity contribution < 1.29 is 4.79 Å². The minimum absolute atomic E-state index is 0.168. The van der Waals surface area contributed by atoms with Gasteiger partial charge in [-0.15, -0.1) is 11.3 Å². The Morgan fingerprint density at radius 1 is 1.05 bits per heavy atom. The summed E-state index contributed by atoms with van der Waals surface area (Å²) in [5, 5.41) is 12.0. The van der Waals surface area contributed by atoms with Gasteiger partial charge in [-0.25, -0.2) is 4.79 Å². The molecule has 0 saturated carbocycles. The van der Waals surface area contributed by atoms with Crippen LogP contribution in [-0.4, -0.2) is 12.6 Å². The number of urea groups is 1. The molecule has 1 aromatic carbocycles. The van der Waals surface area contributed by atoms with Crippen molar-refractivity contribution in [1.82, 2.24) is 5.32 Å². The zero-order chi connectivity index (χ0) is 15.2. The smallest absolute Gasteiger partial charge is 0.319 e. The van der Waals surface area contributed by atoms with E-state index in [1.807, 2.05) is 41.1 Å². The van der Waals surface area contributed by atoms with Crippen molar-refractivity contribution in [3.8, 4) is 11.1 Å². The van der Waals surface area contributed by atoms with E-state index in [0.717, 1.165) is 17.7 Å². The molecule has 0 saturated heterocycles. The molecule has 0 radical (unpaired) electrons. The van der Waals surface area contributed by atoms with E-state index >= 15 is 0 Å². The van der Waals surface area contributed by atoms with Crippen LogP contribution < -0.4 is 10.6 Å². The minimum atomic E-state index is -0.168. The number of hydrogen-bond donors (Lipinski definition) is 2. The van der Waals surface area contributed by atoms with E-state index < -0.39 is 0 Å². The Morgan fingerprint density at radius 3 is 2.77 bits per heavy atom. The molecule has 3 nitrogen and oxygen atoms in total. The quantitative estimate of drug-likeness (QED) is 0.691. The number of carbonyl (C=O) groups excluding carboxylic acids is 1. The number of benzene rings is 1. The van der Waals surface area contributed by atoms with Crippen LogP contribution in [0.3, 0.4) is 0 Å². The Bertz CT molecular complexity index is 721. The molecule has 3 aromatic rings. The molecule has 0 aliphatic rings. The molecule has 0 aliphatic carbocycles. The molecular weight excluding hydrogens is 312 g/mol. The van der Waals surface area contributed by atoms with E-state index in [4.69, 9.17) is 0 Å². The van der Waals surface area contributed by atoms with Gasteiger partial charge < -0.3 is 10.6 Å². The molecule has 2 N–H and O–H groups in total. The lowest BCUT2D eigenvalue weighted by Gasteiger charge is -2.08. The molecular formula is C17H16N2OS2. The van der Waals surface area contributed by atoms with Crippen LogP contribution in [0.2, 0.25) is 0 Å². The Kier molecular flexibility index (Phi) is 4.88. The molecule has 3 rings (SSSR count). The van der Waals surface area contributed by atoms with Gasteiger partial charge in [0.2, 0.25) is 0 Å². The van der Waals surface area contributed by atoms with Crippen LogP contribution in [0.4, 0.5) is 10.5 Å². The zero-order valence-corrected chi connectivity index (χ0v) is 13.5. The van der Waals surface area contributed by atoms with Gasteiger partial charge in [0, 0.05) is 17.1 Å². The summed E-state index contributed by atoms with van der Waals surface area (Å²) in [6.07, 6.45) is 0.861. The van der Waals surface area contributed by atoms with Crippen LogP contribution in [0.1, 0.15) is 4.88 Å². The van der Waals surface area contributed by atoms with E-state index in [-0.39, 0.29) is 6.03 Å². The first kappa shape index (κ1) is 14.8. The first-order chi connectivity index (χ1) is 10.8. The van der Waals surface area contributed by atoms with Gasteiger partial charge in [-0.05, 0) is 58.0 Å². The molecule has 0 unspecified atom stereocenters. The number of rotatable bonds is 5. The first-order valence-electron chi connectivity index (χ1n) is 7.01. The molecule has 0 aliphatic heterocycles. The van der Waals surface area contributed by atoms with Crippen LogP contribution in [0.25, 0.3) is 11.1 Å². The van der Waals surface area contributed by atoms with Crippen LogP contribution in [0.15, 0.2) is 58.6 Å². The molecule has 2 heterocycles. The fraction of sp³-hybridized carbons (Fsp3) is 0.118. The molecule has 5 heteroatoms. The monoisotopic (exact) mass is 328 g/mol. The fourth-order valence-corrected chi connectivity index (χ4v) is 3.51. The highest BCUT2D eigenvalue weighted by Crippen LogP contribution is 2.24. The summed E-state index contributed by atoms with van der Waals surface area (Å²) in [5.41, 5.74) is 3.08. The van der Waals surface area contributed by atoms with Gasteiger partial charge in [0.05, 0.1) is 0 Å². The topological polar surface area (TPSA) is 41.1 Å². The van der Waals surface area contributed by atoms with Crippen LogP contribution in [0, 0.1) is 0 Å². The average molecular weight is 328 g/mol. The summed E-state index contributed by atoms with van der Waals surface area (Å²) in [6, 6.07) is 13.9. The van der Waals surface area contributed by atoms with Crippen molar-refractivity contribution in [3.63, 3.8) is 0 Å². The Labute approximate surface area is 137 Å². The third kappa shape index (κ3) is 3.96. The molecule has 0 atom stereocenters. The predicted octanol–water partition coefficient (Wildman–Crippen LogP) is 4.84. The summed E-state index contributed by atoms with van der Waals surface area (Å²) in [4.78, 5) is 13.2. The number of carbonyl (C=O) groups is 1. The van der Waals surface area contributed by atoms with Crippen molar-refractivity contribution in [3.05, 3.63) is 63.5 Å². The van der Waals surface area contributed by atoms with E-state index in [1.54, 1.807) is 22.7 Å². The molecule has 22 heavy (non-hydrogen) atoms. The molecule has 112 valence electrons. The number of amides is 2. The highest BCUT2D eigenvalue weighted by atomic mass is 32.1. The van der Waals surface area contributed by atoms with E-state index in [1.165, 1.54) is 10.4 Å². The van der Waals surface area contributed by atoms with E-state index in [0.29, 0.717) is 6.54 Å². The van der Waals surface area contributed by atoms with Gasteiger partial charge in [-0.2, -0.15) is 11.3 Å². The largest absolute Gasteiger partial charge is 0.338 e. The second-order valence-electron chi connectivity index (χ2n) is 4.80. The summed E-state index contributed by atoms with van der Waals surface area (Å²) < 4.78 is 0.